The minimum atomic E-state index is -0.618. The lowest BCUT2D eigenvalue weighted by molar-refractivity contribution is 0.0717. The summed E-state index contributed by atoms with van der Waals surface area (Å²) in [6, 6.07) is 0. The van der Waals surface area contributed by atoms with Gasteiger partial charge in [0.1, 0.15) is 0 Å². The Morgan fingerprint density at radius 3 is 2.57 bits per heavy atom. The minimum absolute atomic E-state index is 0.180. The average Bonchev–Trinajstić information content (AvgIpc) is 3.04. The van der Waals surface area contributed by atoms with Gasteiger partial charge in [0.25, 0.3) is 0 Å². The van der Waals surface area contributed by atoms with Crippen molar-refractivity contribution in [1.29, 1.82) is 0 Å². The van der Waals surface area contributed by atoms with Gasteiger partial charge in [-0.1, -0.05) is 52.0 Å². The lowest BCUT2D eigenvalue weighted by atomic mass is 9.60. The molecule has 0 aromatic carbocycles. The molecule has 0 radical (unpaired) electrons. The summed E-state index contributed by atoms with van der Waals surface area (Å²) in [5, 5.41) is 30.4. The van der Waals surface area contributed by atoms with Crippen LogP contribution in [-0.2, 0) is 0 Å². The second kappa shape index (κ2) is 9.71. The Morgan fingerprint density at radius 2 is 1.87 bits per heavy atom. The fraction of sp³-hybridized carbons (Fsp3) is 0.778. The molecule has 3 fully saturated rings. The second-order valence-corrected chi connectivity index (χ2v) is 11.0. The van der Waals surface area contributed by atoms with Crippen LogP contribution >= 0.6 is 0 Å². The molecule has 3 rings (SSSR count). The fourth-order valence-corrected chi connectivity index (χ4v) is 6.65. The van der Waals surface area contributed by atoms with Crippen LogP contribution in [0.25, 0.3) is 0 Å². The van der Waals surface area contributed by atoms with Gasteiger partial charge < -0.3 is 15.3 Å². The molecule has 0 amide bonds. The van der Waals surface area contributed by atoms with Gasteiger partial charge in [-0.2, -0.15) is 0 Å². The minimum Gasteiger partial charge on any atom is -0.393 e. The van der Waals surface area contributed by atoms with E-state index in [2.05, 4.69) is 46.4 Å². The molecule has 3 saturated carbocycles. The molecule has 0 bridgehead atoms. The normalized spacial score (nSPS) is 39.5. The van der Waals surface area contributed by atoms with E-state index in [-0.39, 0.29) is 6.10 Å². The van der Waals surface area contributed by atoms with Crippen molar-refractivity contribution in [3.63, 3.8) is 0 Å². The van der Waals surface area contributed by atoms with Crippen LogP contribution in [0.2, 0.25) is 0 Å². The van der Waals surface area contributed by atoms with Crippen LogP contribution in [-0.4, -0.2) is 33.6 Å². The largest absolute Gasteiger partial charge is 0.393 e. The Kier molecular flexibility index (Phi) is 7.69. The third kappa shape index (κ3) is 4.95. The van der Waals surface area contributed by atoms with Crippen LogP contribution < -0.4 is 0 Å². The smallest absolute Gasteiger partial charge is 0.0811 e. The summed E-state index contributed by atoms with van der Waals surface area (Å²) < 4.78 is 0. The maximum Gasteiger partial charge on any atom is 0.0811 e. The van der Waals surface area contributed by atoms with E-state index in [9.17, 15) is 15.3 Å². The summed E-state index contributed by atoms with van der Waals surface area (Å²) in [5.74, 6) is 2.35. The standard InChI is InChI=1S/C27H44O3/c1-17(2)25(29)13-8-18(3)23-11-12-24-20(7-6-14-27(23,24)5)9-10-21-15-22(28)16-26(30)19(21)4/h9-10,17-18,22-26,28-30H,4,6-8,11-16H2,1-3,5H3/t18-,22-,23-,24+,25+,26+,27-/m1/s1. The predicted molar refractivity (Wildman–Crippen MR) is 124 cm³/mol. The second-order valence-electron chi connectivity index (χ2n) is 11.0. The predicted octanol–water partition coefficient (Wildman–Crippen LogP) is 5.56. The molecule has 3 nitrogen and oxygen atoms in total. The first-order valence-electron chi connectivity index (χ1n) is 12.3. The van der Waals surface area contributed by atoms with E-state index >= 15 is 0 Å². The number of aliphatic hydroxyl groups is 3. The number of allylic oxidation sites excluding steroid dienone is 3. The zero-order valence-electron chi connectivity index (χ0n) is 19.6. The van der Waals surface area contributed by atoms with Gasteiger partial charge in [-0.05, 0) is 91.6 Å². The van der Waals surface area contributed by atoms with Gasteiger partial charge in [0.05, 0.1) is 18.3 Å². The monoisotopic (exact) mass is 416 g/mol. The van der Waals surface area contributed by atoms with E-state index in [4.69, 9.17) is 0 Å². The first kappa shape index (κ1) is 23.8. The van der Waals surface area contributed by atoms with Crippen molar-refractivity contribution in [3.05, 3.63) is 35.5 Å². The molecule has 0 saturated heterocycles. The van der Waals surface area contributed by atoms with Gasteiger partial charge in [-0.15, -0.1) is 0 Å². The van der Waals surface area contributed by atoms with Crippen LogP contribution in [0.5, 0.6) is 0 Å². The van der Waals surface area contributed by atoms with Crippen LogP contribution in [0.1, 0.15) is 85.5 Å². The summed E-state index contributed by atoms with van der Waals surface area (Å²) >= 11 is 0. The molecule has 170 valence electrons. The quantitative estimate of drug-likeness (QED) is 0.531. The Labute approximate surface area is 184 Å². The zero-order chi connectivity index (χ0) is 22.1. The number of fused-ring (bicyclic) bond motifs is 1. The molecule has 3 aliphatic carbocycles. The van der Waals surface area contributed by atoms with Gasteiger partial charge in [0.2, 0.25) is 0 Å². The van der Waals surface area contributed by atoms with E-state index in [1.807, 2.05) is 0 Å². The molecule has 3 heteroatoms. The molecule has 0 aromatic rings. The number of hydrogen-bond acceptors (Lipinski definition) is 3. The molecule has 0 aliphatic heterocycles. The highest BCUT2D eigenvalue weighted by molar-refractivity contribution is 5.38. The molecular formula is C27H44O3. The molecule has 0 aromatic heterocycles. The molecular weight excluding hydrogens is 372 g/mol. The van der Waals surface area contributed by atoms with Gasteiger partial charge in [0.15, 0.2) is 0 Å². The number of rotatable bonds is 6. The van der Waals surface area contributed by atoms with E-state index in [1.54, 1.807) is 5.57 Å². The summed E-state index contributed by atoms with van der Waals surface area (Å²) in [4.78, 5) is 0. The van der Waals surface area contributed by atoms with E-state index in [0.29, 0.717) is 36.0 Å². The molecule has 0 spiro atoms. The third-order valence-corrected chi connectivity index (χ3v) is 8.68. The maximum atomic E-state index is 10.3. The van der Waals surface area contributed by atoms with Gasteiger partial charge in [-0.3, -0.25) is 0 Å². The van der Waals surface area contributed by atoms with Crippen molar-refractivity contribution in [3.8, 4) is 0 Å². The molecule has 0 heterocycles. The maximum absolute atomic E-state index is 10.3. The van der Waals surface area contributed by atoms with Crippen molar-refractivity contribution < 1.29 is 15.3 Å². The topological polar surface area (TPSA) is 60.7 Å². The van der Waals surface area contributed by atoms with E-state index in [0.717, 1.165) is 36.3 Å². The molecule has 3 N–H and O–H groups in total. The van der Waals surface area contributed by atoms with Crippen molar-refractivity contribution >= 4 is 0 Å². The van der Waals surface area contributed by atoms with Crippen molar-refractivity contribution in [2.75, 3.05) is 0 Å². The first-order valence-corrected chi connectivity index (χ1v) is 12.3. The van der Waals surface area contributed by atoms with Crippen LogP contribution in [0.4, 0.5) is 0 Å². The van der Waals surface area contributed by atoms with Crippen molar-refractivity contribution in [2.45, 2.75) is 104 Å². The van der Waals surface area contributed by atoms with Crippen LogP contribution in [0.3, 0.4) is 0 Å². The van der Waals surface area contributed by atoms with Gasteiger partial charge in [-0.25, -0.2) is 0 Å². The summed E-state index contributed by atoms with van der Waals surface area (Å²) in [5.41, 5.74) is 3.69. The third-order valence-electron chi connectivity index (χ3n) is 8.68. The molecule has 30 heavy (non-hydrogen) atoms. The highest BCUT2D eigenvalue weighted by Crippen LogP contribution is 2.60. The fourth-order valence-electron chi connectivity index (χ4n) is 6.65. The van der Waals surface area contributed by atoms with Crippen molar-refractivity contribution in [1.82, 2.24) is 0 Å². The van der Waals surface area contributed by atoms with Gasteiger partial charge in [0, 0.05) is 6.42 Å². The lowest BCUT2D eigenvalue weighted by Crippen LogP contribution is -2.36. The molecule has 0 unspecified atom stereocenters. The van der Waals surface area contributed by atoms with E-state index in [1.165, 1.54) is 25.7 Å². The van der Waals surface area contributed by atoms with Gasteiger partial charge >= 0.3 is 0 Å². The lowest BCUT2D eigenvalue weighted by Gasteiger charge is -2.44. The highest BCUT2D eigenvalue weighted by Gasteiger charge is 2.50. The van der Waals surface area contributed by atoms with Crippen LogP contribution in [0, 0.1) is 29.1 Å². The Bertz CT molecular complexity index is 676. The summed E-state index contributed by atoms with van der Waals surface area (Å²) in [6.07, 6.45) is 12.4. The number of hydrogen-bond donors (Lipinski definition) is 3. The SMILES string of the molecule is C=C1C(=CC=C2CCC[C@]3(C)[C@@H]([C@H](C)CC[C@H](O)C(C)C)CC[C@@H]23)C[C@@H](O)C[C@@H]1O. The zero-order valence-corrected chi connectivity index (χ0v) is 19.6. The van der Waals surface area contributed by atoms with Crippen LogP contribution in [0.15, 0.2) is 35.5 Å². The number of aliphatic hydroxyl groups excluding tert-OH is 3. The average molecular weight is 417 g/mol. The van der Waals surface area contributed by atoms with Crippen molar-refractivity contribution in [2.24, 2.45) is 29.1 Å². The Morgan fingerprint density at radius 1 is 1.13 bits per heavy atom. The van der Waals surface area contributed by atoms with E-state index < -0.39 is 12.2 Å². The Balaban J connectivity index is 1.72. The summed E-state index contributed by atoms with van der Waals surface area (Å²) in [7, 11) is 0. The molecule has 7 atom stereocenters. The first-order chi connectivity index (χ1) is 14.1. The summed E-state index contributed by atoms with van der Waals surface area (Å²) in [6.45, 7) is 13.2. The Hall–Kier alpha value is -0.900. The highest BCUT2D eigenvalue weighted by atomic mass is 16.3. The molecule has 3 aliphatic rings.